The van der Waals surface area contributed by atoms with Crippen molar-refractivity contribution in [3.05, 3.63) is 410 Å². The van der Waals surface area contributed by atoms with Gasteiger partial charge in [-0.1, -0.05) is 206 Å². The Kier molecular flexibility index (Phi) is 22.0. The third kappa shape index (κ3) is 16.1. The maximum atomic E-state index is 10.4. The van der Waals surface area contributed by atoms with E-state index in [4.69, 9.17) is 79.7 Å². The van der Waals surface area contributed by atoms with E-state index in [2.05, 4.69) is 190 Å². The van der Waals surface area contributed by atoms with Gasteiger partial charge in [0.2, 0.25) is 0 Å². The zero-order chi connectivity index (χ0) is 100. The highest BCUT2D eigenvalue weighted by molar-refractivity contribution is 6.16. The summed E-state index contributed by atoms with van der Waals surface area (Å²) in [4.78, 5) is 96.5. The Labute approximate surface area is 846 Å². The predicted molar refractivity (Wildman–Crippen MR) is 579 cm³/mol. The van der Waals surface area contributed by atoms with Crippen molar-refractivity contribution in [3.8, 4) is 171 Å². The summed E-state index contributed by atoms with van der Waals surface area (Å²) in [6.45, 7) is 15.0. The van der Waals surface area contributed by atoms with Gasteiger partial charge in [-0.05, 0) is 188 Å². The van der Waals surface area contributed by atoms with Crippen molar-refractivity contribution in [1.82, 2.24) is 118 Å². The van der Waals surface area contributed by atoms with E-state index in [1.807, 2.05) is 268 Å². The van der Waals surface area contributed by atoms with Crippen LogP contribution in [0.4, 0.5) is 0 Å². The molecule has 0 N–H and O–H groups in total. The van der Waals surface area contributed by atoms with Gasteiger partial charge in [-0.15, -0.1) is 0 Å². The van der Waals surface area contributed by atoms with Crippen LogP contribution in [-0.2, 0) is 0 Å². The van der Waals surface area contributed by atoms with Gasteiger partial charge in [-0.2, -0.15) is 10.5 Å². The number of aromatic nitrogens is 24. The van der Waals surface area contributed by atoms with E-state index in [-0.39, 0.29) is 0 Å². The summed E-state index contributed by atoms with van der Waals surface area (Å²) in [7, 11) is 0. The number of pyridine rings is 2. The second-order valence-electron chi connectivity index (χ2n) is 36.3. The number of nitriles is 2. The van der Waals surface area contributed by atoms with Gasteiger partial charge in [0.15, 0.2) is 58.2 Å². The van der Waals surface area contributed by atoms with Crippen molar-refractivity contribution < 1.29 is 0 Å². The highest BCUT2D eigenvalue weighted by Crippen LogP contribution is 2.48. The number of rotatable bonds is 16. The minimum atomic E-state index is 0.519. The highest BCUT2D eigenvalue weighted by atomic mass is 15.1. The zero-order valence-electron chi connectivity index (χ0n) is 81.1. The predicted octanol–water partition coefficient (Wildman–Crippen LogP) is 25.9. The summed E-state index contributed by atoms with van der Waals surface area (Å²) in [5, 5.41) is 28.8. The smallest absolute Gasteiger partial charge is 0.164 e. The molecule has 148 heavy (non-hydrogen) atoms. The Morgan fingerprint density at radius 1 is 0.169 bits per heavy atom. The van der Waals surface area contributed by atoms with Crippen LogP contribution in [0.1, 0.15) is 57.7 Å². The molecule has 0 saturated heterocycles. The van der Waals surface area contributed by atoms with E-state index >= 15 is 0 Å². The standard InChI is InChI=1S/C66H40N10.C56H42N16/c67-39-42-18-17-27-47(36-42)60-58(75-54-30-15-13-28-50(54)52-34-32-48(37-56(52)75)65-71-61(43-19-5-1-6-20-43)69-62(72-65)44-21-7-2-8-22-44)40-68-41-59(60)76-55-31-16-14-29-51(55)53-35-33-49(38-57(53)76)66-73-63(45-23-9-3-10-24-45)70-64(74-66)46-25-11-4-12-26-46;1-28-59-29(2)64-53(63-28)38-12-16-46-42(21-38)43-22-39(54-65-30(3)60-31(4)66-54)13-17-47(43)71(46)50-26-58-27-51(52(50)37-11-9-10-36(20-37)25-57)72-48-18-14-40(55-67-32(5)61-33(6)68-55)23-44(48)45-24-41(15-19-49(45)72)56-69-34(7)62-35(8)70-56/h1-38,40-41H;9-24,26-27H,1-8H3. The fourth-order valence-electron chi connectivity index (χ4n) is 20.4. The summed E-state index contributed by atoms with van der Waals surface area (Å²) < 4.78 is 9.07. The first kappa shape index (κ1) is 89.0. The fourth-order valence-corrected chi connectivity index (χ4v) is 20.4. The van der Waals surface area contributed by atoms with E-state index in [0.29, 0.717) is 116 Å². The first-order chi connectivity index (χ1) is 72.5. The van der Waals surface area contributed by atoms with Gasteiger partial charge in [-0.3, -0.25) is 9.97 Å². The van der Waals surface area contributed by atoms with Crippen LogP contribution in [-0.4, -0.2) is 118 Å². The van der Waals surface area contributed by atoms with Gasteiger partial charge < -0.3 is 18.3 Å². The van der Waals surface area contributed by atoms with Crippen LogP contribution in [0.25, 0.3) is 246 Å². The summed E-state index contributed by atoms with van der Waals surface area (Å²) in [5.41, 5.74) is 23.8. The Balaban J connectivity index is 0.000000154. The third-order valence-corrected chi connectivity index (χ3v) is 26.6. The van der Waals surface area contributed by atoms with Gasteiger partial charge in [-0.25, -0.2) is 89.7 Å². The normalized spacial score (nSPS) is 11.5. The Morgan fingerprint density at radius 2 is 0.385 bits per heavy atom. The molecule has 0 aliphatic carbocycles. The molecule has 26 rings (SSSR count). The molecular weight excluding hydrogens is 1830 g/mol. The number of hydrogen-bond donors (Lipinski definition) is 0. The van der Waals surface area contributed by atoms with Crippen molar-refractivity contribution >= 4 is 87.2 Å². The minimum absolute atomic E-state index is 0.519. The number of benzene rings is 14. The van der Waals surface area contributed by atoms with Crippen LogP contribution in [0.15, 0.2) is 352 Å². The molecule has 0 bridgehead atoms. The molecule has 0 saturated carbocycles. The lowest BCUT2D eigenvalue weighted by Crippen LogP contribution is -2.05. The average Bonchev–Trinajstić information content (AvgIpc) is 1.56. The first-order valence-electron chi connectivity index (χ1n) is 48.2. The van der Waals surface area contributed by atoms with Crippen LogP contribution in [0, 0.1) is 78.1 Å². The summed E-state index contributed by atoms with van der Waals surface area (Å²) >= 11 is 0. The molecule has 26 heteroatoms. The van der Waals surface area contributed by atoms with Crippen LogP contribution >= 0.6 is 0 Å². The molecule has 12 aromatic heterocycles. The van der Waals surface area contributed by atoms with E-state index < -0.39 is 0 Å². The molecule has 0 aliphatic rings. The van der Waals surface area contributed by atoms with Crippen LogP contribution in [0.2, 0.25) is 0 Å². The van der Waals surface area contributed by atoms with Crippen molar-refractivity contribution in [2.45, 2.75) is 55.4 Å². The third-order valence-electron chi connectivity index (χ3n) is 26.6. The van der Waals surface area contributed by atoms with E-state index in [0.717, 1.165) is 188 Å². The lowest BCUT2D eigenvalue weighted by molar-refractivity contribution is 0.928. The van der Waals surface area contributed by atoms with Crippen molar-refractivity contribution in [2.24, 2.45) is 0 Å². The molecule has 0 amide bonds. The minimum Gasteiger partial charge on any atom is -0.307 e. The Morgan fingerprint density at radius 3 is 0.662 bits per heavy atom. The summed E-state index contributed by atoms with van der Waals surface area (Å²) in [5.74, 6) is 10.9. The van der Waals surface area contributed by atoms with Crippen LogP contribution in [0.5, 0.6) is 0 Å². The van der Waals surface area contributed by atoms with E-state index in [1.54, 1.807) is 0 Å². The van der Waals surface area contributed by atoms with Gasteiger partial charge in [0.1, 0.15) is 46.6 Å². The molecule has 0 spiro atoms. The highest BCUT2D eigenvalue weighted by Gasteiger charge is 2.30. The largest absolute Gasteiger partial charge is 0.307 e. The molecule has 0 unspecified atom stereocenters. The molecule has 0 fully saturated rings. The number of aryl methyl sites for hydroxylation is 8. The molecule has 14 aromatic carbocycles. The van der Waals surface area contributed by atoms with Crippen LogP contribution in [0.3, 0.4) is 0 Å². The van der Waals surface area contributed by atoms with Gasteiger partial charge in [0.05, 0.1) is 115 Å². The number of para-hydroxylation sites is 2. The topological polar surface area (TPSA) is 325 Å². The maximum Gasteiger partial charge on any atom is 0.164 e. The van der Waals surface area contributed by atoms with Crippen molar-refractivity contribution in [2.75, 3.05) is 0 Å². The molecular formula is C122H82N26. The number of nitrogens with zero attached hydrogens (tertiary/aromatic N) is 26. The van der Waals surface area contributed by atoms with E-state index in [9.17, 15) is 10.5 Å². The molecule has 26 aromatic rings. The Bertz CT molecular complexity index is 9100. The molecule has 700 valence electrons. The lowest BCUT2D eigenvalue weighted by Gasteiger charge is -2.20. The van der Waals surface area contributed by atoms with E-state index in [1.165, 1.54) is 0 Å². The lowest BCUT2D eigenvalue weighted by atomic mass is 10.0. The van der Waals surface area contributed by atoms with Gasteiger partial charge >= 0.3 is 0 Å². The molecule has 0 radical (unpaired) electrons. The Hall–Kier alpha value is -20.4. The summed E-state index contributed by atoms with van der Waals surface area (Å²) in [6, 6.07) is 115. The number of fused-ring (bicyclic) bond motifs is 12. The quantitative estimate of drug-likeness (QED) is 0.0867. The van der Waals surface area contributed by atoms with Crippen LogP contribution < -0.4 is 0 Å². The van der Waals surface area contributed by atoms with Crippen molar-refractivity contribution in [3.63, 3.8) is 0 Å². The molecule has 0 atom stereocenters. The molecule has 0 aliphatic heterocycles. The zero-order valence-corrected chi connectivity index (χ0v) is 81.1. The van der Waals surface area contributed by atoms with Crippen molar-refractivity contribution in [1.29, 1.82) is 10.5 Å². The second kappa shape index (κ2) is 36.6. The monoisotopic (exact) mass is 1910 g/mol. The second-order valence-corrected chi connectivity index (χ2v) is 36.3. The number of hydrogen-bond acceptors (Lipinski definition) is 22. The first-order valence-corrected chi connectivity index (χ1v) is 48.2. The molecule has 26 nitrogen and oxygen atoms in total. The fraction of sp³-hybridized carbons (Fsp3) is 0.0656. The van der Waals surface area contributed by atoms with Gasteiger partial charge in [0.25, 0.3) is 0 Å². The SMILES string of the molecule is Cc1nc(C)nc(-c2ccc3c(c2)c2cc(-c4nc(C)nc(C)n4)ccc2n3-c2cncc(-n3c4ccc(-c5nc(C)nc(C)n5)cc4c4cc(-c5nc(C)nc(C)n5)ccc43)c2-c2cccc(C#N)c2)n1.N#Cc1cccc(-c2c(-n3c4ccccc4c4ccc(-c5nc(-c6ccccc6)nc(-c6ccccc6)n5)cc43)cncc2-n2c3ccccc3c3ccc(-c4nc(-c5ccccc5)nc(-c5ccccc5)n4)cc32)c1. The maximum absolute atomic E-state index is 10.4. The summed E-state index contributed by atoms with van der Waals surface area (Å²) in [6.07, 6.45) is 7.66. The van der Waals surface area contributed by atoms with Gasteiger partial charge in [0, 0.05) is 110 Å². The average molecular weight is 1910 g/mol. The molecule has 12 heterocycles.